The Balaban J connectivity index is 2.03. The largest absolute Gasteiger partial charge is 0.406 e. The number of halogens is 1. The lowest BCUT2D eigenvalue weighted by atomic mass is 10.2. The molecule has 0 atom stereocenters. The van der Waals surface area contributed by atoms with E-state index in [1.807, 2.05) is 0 Å². The van der Waals surface area contributed by atoms with Gasteiger partial charge in [0.1, 0.15) is 5.82 Å². The van der Waals surface area contributed by atoms with E-state index in [4.69, 9.17) is 4.42 Å². The predicted molar refractivity (Wildman–Crippen MR) is 75.3 cm³/mol. The van der Waals surface area contributed by atoms with Crippen LogP contribution in [0.15, 0.2) is 28.7 Å². The SMILES string of the molecule is CC(C)CNCc1nnc(N(C)c2ccccc2F)o1. The molecule has 0 aliphatic rings. The van der Waals surface area contributed by atoms with Gasteiger partial charge in [-0.15, -0.1) is 5.10 Å². The lowest BCUT2D eigenvalue weighted by molar-refractivity contribution is 0.454. The summed E-state index contributed by atoms with van der Waals surface area (Å²) in [5, 5.41) is 11.1. The summed E-state index contributed by atoms with van der Waals surface area (Å²) in [5.41, 5.74) is 0.401. The highest BCUT2D eigenvalue weighted by molar-refractivity contribution is 5.55. The Morgan fingerprint density at radius 2 is 2.05 bits per heavy atom. The first-order chi connectivity index (χ1) is 9.58. The summed E-state index contributed by atoms with van der Waals surface area (Å²) in [5.74, 6) is 0.718. The van der Waals surface area contributed by atoms with Gasteiger partial charge >= 0.3 is 6.01 Å². The first kappa shape index (κ1) is 14.5. The van der Waals surface area contributed by atoms with Crippen molar-refractivity contribution in [3.8, 4) is 0 Å². The van der Waals surface area contributed by atoms with Crippen molar-refractivity contribution in [3.05, 3.63) is 36.0 Å². The van der Waals surface area contributed by atoms with Crippen LogP contribution in [-0.4, -0.2) is 23.8 Å². The summed E-state index contributed by atoms with van der Waals surface area (Å²) in [4.78, 5) is 1.54. The fourth-order valence-electron chi connectivity index (χ4n) is 1.75. The zero-order valence-electron chi connectivity index (χ0n) is 11.9. The van der Waals surface area contributed by atoms with Crippen molar-refractivity contribution in [2.24, 2.45) is 5.92 Å². The summed E-state index contributed by atoms with van der Waals surface area (Å²) < 4.78 is 19.2. The highest BCUT2D eigenvalue weighted by Crippen LogP contribution is 2.24. The number of nitrogens with one attached hydrogen (secondary N) is 1. The quantitative estimate of drug-likeness (QED) is 0.880. The van der Waals surface area contributed by atoms with Gasteiger partial charge in [-0.3, -0.25) is 4.90 Å². The van der Waals surface area contributed by atoms with Crippen LogP contribution in [0, 0.1) is 11.7 Å². The molecule has 5 nitrogen and oxygen atoms in total. The smallest absolute Gasteiger partial charge is 0.322 e. The number of nitrogens with zero attached hydrogens (tertiary/aromatic N) is 3. The normalized spacial score (nSPS) is 11.1. The van der Waals surface area contributed by atoms with Gasteiger partial charge in [0.2, 0.25) is 5.89 Å². The van der Waals surface area contributed by atoms with Gasteiger partial charge in [-0.05, 0) is 24.6 Å². The molecule has 1 N–H and O–H groups in total. The van der Waals surface area contributed by atoms with Crippen molar-refractivity contribution >= 4 is 11.7 Å². The molecule has 0 aliphatic carbocycles. The fourth-order valence-corrected chi connectivity index (χ4v) is 1.75. The van der Waals surface area contributed by atoms with E-state index >= 15 is 0 Å². The van der Waals surface area contributed by atoms with Gasteiger partial charge in [-0.25, -0.2) is 4.39 Å². The van der Waals surface area contributed by atoms with E-state index in [0.29, 0.717) is 24.0 Å². The van der Waals surface area contributed by atoms with Gasteiger partial charge in [0.05, 0.1) is 12.2 Å². The van der Waals surface area contributed by atoms with E-state index in [1.165, 1.54) is 11.0 Å². The Morgan fingerprint density at radius 3 is 2.75 bits per heavy atom. The van der Waals surface area contributed by atoms with Gasteiger partial charge in [0.15, 0.2) is 0 Å². The molecular formula is C14H19FN4O. The van der Waals surface area contributed by atoms with E-state index in [0.717, 1.165) is 6.54 Å². The lowest BCUT2D eigenvalue weighted by Gasteiger charge is -2.14. The molecule has 0 bridgehead atoms. The van der Waals surface area contributed by atoms with Gasteiger partial charge in [0, 0.05) is 7.05 Å². The Kier molecular flexibility index (Phi) is 4.68. The summed E-state index contributed by atoms with van der Waals surface area (Å²) in [6.07, 6.45) is 0. The van der Waals surface area contributed by atoms with Crippen LogP contribution in [0.4, 0.5) is 16.1 Å². The molecule has 0 saturated heterocycles. The summed E-state index contributed by atoms with van der Waals surface area (Å²) in [6.45, 7) is 5.63. The predicted octanol–water partition coefficient (Wildman–Crippen LogP) is 2.72. The third kappa shape index (κ3) is 3.54. The highest BCUT2D eigenvalue weighted by Gasteiger charge is 2.15. The van der Waals surface area contributed by atoms with E-state index < -0.39 is 0 Å². The van der Waals surface area contributed by atoms with Crippen molar-refractivity contribution in [3.63, 3.8) is 0 Å². The molecule has 1 aromatic heterocycles. The molecule has 2 rings (SSSR count). The van der Waals surface area contributed by atoms with E-state index in [1.54, 1.807) is 25.2 Å². The second-order valence-corrected chi connectivity index (χ2v) is 5.01. The molecular weight excluding hydrogens is 259 g/mol. The molecule has 0 saturated carbocycles. The third-order valence-electron chi connectivity index (χ3n) is 2.79. The summed E-state index contributed by atoms with van der Waals surface area (Å²) >= 11 is 0. The number of rotatable bonds is 6. The van der Waals surface area contributed by atoms with Crippen LogP contribution >= 0.6 is 0 Å². The minimum absolute atomic E-state index is 0.274. The van der Waals surface area contributed by atoms with Crippen LogP contribution in [-0.2, 0) is 6.54 Å². The maximum atomic E-state index is 13.7. The van der Waals surface area contributed by atoms with Crippen LogP contribution in [0.3, 0.4) is 0 Å². The molecule has 0 unspecified atom stereocenters. The zero-order valence-corrected chi connectivity index (χ0v) is 11.9. The van der Waals surface area contributed by atoms with Crippen molar-refractivity contribution in [1.29, 1.82) is 0 Å². The van der Waals surface area contributed by atoms with E-state index in [9.17, 15) is 4.39 Å². The molecule has 6 heteroatoms. The number of benzene rings is 1. The standard InChI is InChI=1S/C14H19FN4O/c1-10(2)8-16-9-13-17-18-14(20-13)19(3)12-7-5-4-6-11(12)15/h4-7,10,16H,8-9H2,1-3H3. The molecule has 0 amide bonds. The molecule has 1 aromatic carbocycles. The maximum absolute atomic E-state index is 13.7. The van der Waals surface area contributed by atoms with Gasteiger partial charge in [0.25, 0.3) is 0 Å². The fraction of sp³-hybridized carbons (Fsp3) is 0.429. The van der Waals surface area contributed by atoms with Gasteiger partial charge in [-0.1, -0.05) is 31.1 Å². The Morgan fingerprint density at radius 1 is 1.30 bits per heavy atom. The third-order valence-corrected chi connectivity index (χ3v) is 2.79. The Hall–Kier alpha value is -1.95. The van der Waals surface area contributed by atoms with Crippen molar-refractivity contribution in [2.75, 3.05) is 18.5 Å². The minimum Gasteiger partial charge on any atom is -0.406 e. The molecule has 20 heavy (non-hydrogen) atoms. The first-order valence-electron chi connectivity index (χ1n) is 6.59. The van der Waals surface area contributed by atoms with Crippen molar-refractivity contribution in [2.45, 2.75) is 20.4 Å². The molecule has 0 spiro atoms. The van der Waals surface area contributed by atoms with Gasteiger partial charge in [-0.2, -0.15) is 0 Å². The maximum Gasteiger partial charge on any atom is 0.322 e. The average Bonchev–Trinajstić information content (AvgIpc) is 2.87. The summed E-state index contributed by atoms with van der Waals surface area (Å²) in [6, 6.07) is 6.73. The number of hydrogen-bond donors (Lipinski definition) is 1. The first-order valence-corrected chi connectivity index (χ1v) is 6.59. The van der Waals surface area contributed by atoms with Gasteiger partial charge < -0.3 is 9.73 Å². The number of hydrogen-bond acceptors (Lipinski definition) is 5. The van der Waals surface area contributed by atoms with E-state index in [-0.39, 0.29) is 11.8 Å². The minimum atomic E-state index is -0.326. The van der Waals surface area contributed by atoms with Crippen LogP contribution < -0.4 is 10.2 Å². The van der Waals surface area contributed by atoms with E-state index in [2.05, 4.69) is 29.4 Å². The molecule has 2 aromatic rings. The van der Waals surface area contributed by atoms with Crippen molar-refractivity contribution < 1.29 is 8.81 Å². The highest BCUT2D eigenvalue weighted by atomic mass is 19.1. The molecule has 108 valence electrons. The monoisotopic (exact) mass is 278 g/mol. The molecule has 1 heterocycles. The molecule has 0 fully saturated rings. The average molecular weight is 278 g/mol. The Labute approximate surface area is 117 Å². The second kappa shape index (κ2) is 6.47. The Bertz CT molecular complexity index is 556. The number of aromatic nitrogens is 2. The van der Waals surface area contributed by atoms with Crippen LogP contribution in [0.5, 0.6) is 0 Å². The lowest BCUT2D eigenvalue weighted by Crippen LogP contribution is -2.19. The zero-order chi connectivity index (χ0) is 14.5. The summed E-state index contributed by atoms with van der Waals surface area (Å²) in [7, 11) is 1.69. The van der Waals surface area contributed by atoms with Crippen molar-refractivity contribution in [1.82, 2.24) is 15.5 Å². The molecule has 0 aliphatic heterocycles. The van der Waals surface area contributed by atoms with Crippen LogP contribution in [0.25, 0.3) is 0 Å². The van der Waals surface area contributed by atoms with Crippen LogP contribution in [0.1, 0.15) is 19.7 Å². The second-order valence-electron chi connectivity index (χ2n) is 5.01. The molecule has 0 radical (unpaired) electrons. The number of para-hydroxylation sites is 1. The number of anilines is 2. The van der Waals surface area contributed by atoms with Crippen LogP contribution in [0.2, 0.25) is 0 Å². The topological polar surface area (TPSA) is 54.2 Å².